The zero-order chi connectivity index (χ0) is 12.5. The van der Waals surface area contributed by atoms with Crippen LogP contribution in [-0.4, -0.2) is 16.8 Å². The van der Waals surface area contributed by atoms with Gasteiger partial charge in [-0.25, -0.2) is 4.39 Å². The Balaban J connectivity index is 1.77. The zero-order valence-corrected chi connectivity index (χ0v) is 10.6. The molecule has 1 aromatic carbocycles. The Morgan fingerprint density at radius 1 is 1.47 bits per heavy atom. The fourth-order valence-corrected chi connectivity index (χ4v) is 2.15. The molecule has 0 radical (unpaired) electrons. The summed E-state index contributed by atoms with van der Waals surface area (Å²) >= 11 is 11.5. The molecule has 2 nitrogen and oxygen atoms in total. The van der Waals surface area contributed by atoms with E-state index in [4.69, 9.17) is 23.2 Å². The summed E-state index contributed by atoms with van der Waals surface area (Å²) in [4.78, 5) is 11.5. The molecular formula is C12H12Cl2FNO. The van der Waals surface area contributed by atoms with E-state index in [0.29, 0.717) is 24.9 Å². The lowest BCUT2D eigenvalue weighted by molar-refractivity contribution is -0.122. The Morgan fingerprint density at radius 2 is 2.12 bits per heavy atom. The summed E-state index contributed by atoms with van der Waals surface area (Å²) in [5.41, 5.74) is 0.589. The minimum atomic E-state index is -0.901. The van der Waals surface area contributed by atoms with Crippen molar-refractivity contribution in [1.29, 1.82) is 0 Å². The number of hydrogen-bond acceptors (Lipinski definition) is 1. The van der Waals surface area contributed by atoms with Crippen molar-refractivity contribution < 1.29 is 9.18 Å². The van der Waals surface area contributed by atoms with Crippen LogP contribution in [0.25, 0.3) is 0 Å². The van der Waals surface area contributed by atoms with E-state index in [1.165, 1.54) is 6.07 Å². The van der Waals surface area contributed by atoms with Gasteiger partial charge in [-0.3, -0.25) is 4.79 Å². The molecule has 1 aromatic rings. The number of hydrogen-bond donors (Lipinski definition) is 1. The summed E-state index contributed by atoms with van der Waals surface area (Å²) in [7, 11) is 0. The Kier molecular flexibility index (Phi) is 3.59. The molecule has 1 N–H and O–H groups in total. The molecule has 1 atom stereocenters. The van der Waals surface area contributed by atoms with E-state index in [1.807, 2.05) is 0 Å². The van der Waals surface area contributed by atoms with Crippen LogP contribution in [0.3, 0.4) is 0 Å². The Hall–Kier alpha value is -0.800. The van der Waals surface area contributed by atoms with Crippen LogP contribution in [0.4, 0.5) is 4.39 Å². The molecule has 0 saturated heterocycles. The largest absolute Gasteiger partial charge is 0.355 e. The fourth-order valence-electron chi connectivity index (χ4n) is 1.64. The van der Waals surface area contributed by atoms with Crippen molar-refractivity contribution in [3.8, 4) is 0 Å². The second kappa shape index (κ2) is 4.83. The van der Waals surface area contributed by atoms with Gasteiger partial charge in [-0.1, -0.05) is 18.2 Å². The van der Waals surface area contributed by atoms with E-state index in [-0.39, 0.29) is 17.6 Å². The monoisotopic (exact) mass is 275 g/mol. The van der Waals surface area contributed by atoms with Crippen molar-refractivity contribution >= 4 is 29.1 Å². The van der Waals surface area contributed by atoms with Crippen molar-refractivity contribution in [3.05, 3.63) is 35.6 Å². The third-order valence-corrected chi connectivity index (χ3v) is 3.63. The summed E-state index contributed by atoms with van der Waals surface area (Å²) in [5, 5.41) is 2.70. The maximum atomic E-state index is 13.3. The van der Waals surface area contributed by atoms with Crippen LogP contribution in [0.5, 0.6) is 0 Å². The van der Waals surface area contributed by atoms with Crippen LogP contribution in [0.15, 0.2) is 24.3 Å². The van der Waals surface area contributed by atoms with Gasteiger partial charge in [-0.2, -0.15) is 0 Å². The SMILES string of the molecule is O=C(NCCc1ccccc1F)C1CC1(Cl)Cl. The van der Waals surface area contributed by atoms with E-state index in [0.717, 1.165) is 0 Å². The molecule has 1 aliphatic rings. The number of carbonyl (C=O) groups is 1. The quantitative estimate of drug-likeness (QED) is 0.842. The molecule has 1 fully saturated rings. The predicted octanol–water partition coefficient (Wildman–Crippen LogP) is 2.68. The molecule has 0 heterocycles. The lowest BCUT2D eigenvalue weighted by Gasteiger charge is -2.06. The number of benzene rings is 1. The standard InChI is InChI=1S/C12H12Cl2FNO/c13-12(14)7-9(12)11(17)16-6-5-8-3-1-2-4-10(8)15/h1-4,9H,5-7H2,(H,16,17). The van der Waals surface area contributed by atoms with Gasteiger partial charge in [-0.15, -0.1) is 23.2 Å². The topological polar surface area (TPSA) is 29.1 Å². The summed E-state index contributed by atoms with van der Waals surface area (Å²) in [6.07, 6.45) is 0.949. The smallest absolute Gasteiger partial charge is 0.226 e. The number of rotatable bonds is 4. The van der Waals surface area contributed by atoms with Gasteiger partial charge in [0.25, 0.3) is 0 Å². The van der Waals surface area contributed by atoms with E-state index in [1.54, 1.807) is 18.2 Å². The molecule has 0 spiro atoms. The van der Waals surface area contributed by atoms with Crippen LogP contribution in [0, 0.1) is 11.7 Å². The number of nitrogens with one attached hydrogen (secondary N) is 1. The molecule has 2 rings (SSSR count). The summed E-state index contributed by atoms with van der Waals surface area (Å²) in [6.45, 7) is 0.389. The number of alkyl halides is 2. The molecule has 0 aromatic heterocycles. The number of amides is 1. The van der Waals surface area contributed by atoms with Crippen molar-refractivity contribution in [2.75, 3.05) is 6.54 Å². The minimum Gasteiger partial charge on any atom is -0.355 e. The molecular weight excluding hydrogens is 264 g/mol. The van der Waals surface area contributed by atoms with Gasteiger partial charge in [0.2, 0.25) is 5.91 Å². The van der Waals surface area contributed by atoms with Crippen LogP contribution in [0.1, 0.15) is 12.0 Å². The van der Waals surface area contributed by atoms with Gasteiger partial charge in [0, 0.05) is 6.54 Å². The fraction of sp³-hybridized carbons (Fsp3) is 0.417. The molecule has 1 saturated carbocycles. The highest BCUT2D eigenvalue weighted by molar-refractivity contribution is 6.52. The van der Waals surface area contributed by atoms with Crippen LogP contribution in [0.2, 0.25) is 0 Å². The molecule has 92 valence electrons. The van der Waals surface area contributed by atoms with E-state index in [9.17, 15) is 9.18 Å². The Morgan fingerprint density at radius 3 is 2.71 bits per heavy atom. The first kappa shape index (κ1) is 12.7. The number of halogens is 3. The highest BCUT2D eigenvalue weighted by atomic mass is 35.5. The van der Waals surface area contributed by atoms with E-state index in [2.05, 4.69) is 5.32 Å². The minimum absolute atomic E-state index is 0.161. The molecule has 1 aliphatic carbocycles. The predicted molar refractivity (Wildman–Crippen MR) is 65.7 cm³/mol. The van der Waals surface area contributed by atoms with Crippen molar-refractivity contribution in [1.82, 2.24) is 5.32 Å². The maximum absolute atomic E-state index is 13.3. The Bertz CT molecular complexity index is 436. The summed E-state index contributed by atoms with van der Waals surface area (Å²) in [5.74, 6) is -0.741. The molecule has 0 aliphatic heterocycles. The first-order valence-corrected chi connectivity index (χ1v) is 6.15. The van der Waals surface area contributed by atoms with Crippen molar-refractivity contribution in [2.24, 2.45) is 5.92 Å². The first-order chi connectivity index (χ1) is 8.00. The Labute approximate surface area is 109 Å². The van der Waals surface area contributed by atoms with Crippen molar-refractivity contribution in [2.45, 2.75) is 17.2 Å². The summed E-state index contributed by atoms with van der Waals surface area (Å²) in [6, 6.07) is 6.51. The second-order valence-electron chi connectivity index (χ2n) is 4.15. The maximum Gasteiger partial charge on any atom is 0.226 e. The average Bonchev–Trinajstić information content (AvgIpc) is 2.91. The van der Waals surface area contributed by atoms with Gasteiger partial charge in [0.15, 0.2) is 0 Å². The second-order valence-corrected chi connectivity index (χ2v) is 5.69. The van der Waals surface area contributed by atoms with E-state index < -0.39 is 4.33 Å². The third kappa shape index (κ3) is 3.11. The molecule has 1 amide bonds. The van der Waals surface area contributed by atoms with Gasteiger partial charge in [-0.05, 0) is 24.5 Å². The van der Waals surface area contributed by atoms with Crippen molar-refractivity contribution in [3.63, 3.8) is 0 Å². The van der Waals surface area contributed by atoms with Crippen LogP contribution in [-0.2, 0) is 11.2 Å². The lowest BCUT2D eigenvalue weighted by atomic mass is 10.1. The highest BCUT2D eigenvalue weighted by Gasteiger charge is 2.56. The average molecular weight is 276 g/mol. The van der Waals surface area contributed by atoms with Gasteiger partial charge >= 0.3 is 0 Å². The molecule has 5 heteroatoms. The normalized spacial score (nSPS) is 21.0. The molecule has 1 unspecified atom stereocenters. The molecule has 17 heavy (non-hydrogen) atoms. The van der Waals surface area contributed by atoms with Crippen LogP contribution >= 0.6 is 23.2 Å². The van der Waals surface area contributed by atoms with Crippen LogP contribution < -0.4 is 5.32 Å². The molecule has 0 bridgehead atoms. The number of carbonyl (C=O) groups excluding carboxylic acids is 1. The van der Waals surface area contributed by atoms with Gasteiger partial charge < -0.3 is 5.32 Å². The first-order valence-electron chi connectivity index (χ1n) is 5.39. The van der Waals surface area contributed by atoms with Gasteiger partial charge in [0.1, 0.15) is 10.2 Å². The summed E-state index contributed by atoms with van der Waals surface area (Å²) < 4.78 is 12.4. The van der Waals surface area contributed by atoms with E-state index >= 15 is 0 Å². The van der Waals surface area contributed by atoms with Gasteiger partial charge in [0.05, 0.1) is 5.92 Å². The lowest BCUT2D eigenvalue weighted by Crippen LogP contribution is -2.28. The third-order valence-electron chi connectivity index (χ3n) is 2.79. The highest BCUT2D eigenvalue weighted by Crippen LogP contribution is 2.53. The zero-order valence-electron chi connectivity index (χ0n) is 9.05.